The van der Waals surface area contributed by atoms with Gasteiger partial charge >= 0.3 is 0 Å². The lowest BCUT2D eigenvalue weighted by atomic mass is 9.87. The minimum atomic E-state index is 0.107. The summed E-state index contributed by atoms with van der Waals surface area (Å²) in [5, 5.41) is 7.04. The largest absolute Gasteiger partial charge is 0.313 e. The van der Waals surface area contributed by atoms with Crippen LogP contribution in [0.4, 0.5) is 0 Å². The summed E-state index contributed by atoms with van der Waals surface area (Å²) in [5.41, 5.74) is 1.45. The van der Waals surface area contributed by atoms with Gasteiger partial charge in [-0.1, -0.05) is 33.8 Å². The monoisotopic (exact) mass is 278 g/mol. The van der Waals surface area contributed by atoms with E-state index in [1.165, 1.54) is 23.5 Å². The van der Waals surface area contributed by atoms with Crippen molar-refractivity contribution in [3.63, 3.8) is 0 Å². The van der Waals surface area contributed by atoms with Crippen LogP contribution in [0.1, 0.15) is 51.2 Å². The fourth-order valence-corrected chi connectivity index (χ4v) is 3.17. The van der Waals surface area contributed by atoms with Crippen molar-refractivity contribution in [2.45, 2.75) is 58.4 Å². The highest BCUT2D eigenvalue weighted by Crippen LogP contribution is 2.30. The van der Waals surface area contributed by atoms with E-state index in [2.05, 4.69) is 51.0 Å². The maximum Gasteiger partial charge on any atom is 0.0937 e. The van der Waals surface area contributed by atoms with Crippen LogP contribution in [0.25, 0.3) is 0 Å². The molecule has 1 aliphatic rings. The number of nitrogens with zero attached hydrogens (tertiary/aromatic N) is 1. The lowest BCUT2D eigenvalue weighted by Gasteiger charge is -2.25. The van der Waals surface area contributed by atoms with E-state index < -0.39 is 0 Å². The minimum absolute atomic E-state index is 0.107. The van der Waals surface area contributed by atoms with Gasteiger partial charge in [0.2, 0.25) is 0 Å². The van der Waals surface area contributed by atoms with E-state index in [0.717, 1.165) is 19.0 Å². The summed E-state index contributed by atoms with van der Waals surface area (Å²) in [4.78, 5) is 4.80. The van der Waals surface area contributed by atoms with Crippen LogP contribution in [0.2, 0.25) is 0 Å². The third-order valence-corrected chi connectivity index (χ3v) is 4.59. The van der Waals surface area contributed by atoms with Crippen molar-refractivity contribution in [2.24, 2.45) is 5.41 Å². The Bertz CT molecular complexity index is 440. The third kappa shape index (κ3) is 4.15. The topological polar surface area (TPSA) is 24.9 Å². The van der Waals surface area contributed by atoms with Gasteiger partial charge in [-0.15, -0.1) is 17.9 Å². The zero-order valence-corrected chi connectivity index (χ0v) is 13.4. The third-order valence-electron chi connectivity index (χ3n) is 3.74. The van der Waals surface area contributed by atoms with Crippen LogP contribution in [0, 0.1) is 5.41 Å². The molecule has 1 unspecified atom stereocenters. The van der Waals surface area contributed by atoms with Crippen LogP contribution >= 0.6 is 11.3 Å². The molecule has 1 atom stereocenters. The molecule has 106 valence electrons. The molecule has 0 aliphatic heterocycles. The van der Waals surface area contributed by atoms with E-state index in [4.69, 9.17) is 4.98 Å². The molecular formula is C16H26N2S. The van der Waals surface area contributed by atoms with Crippen LogP contribution in [0.15, 0.2) is 18.0 Å². The number of thiazole rings is 1. The summed E-state index contributed by atoms with van der Waals surface area (Å²) in [6, 6.07) is 0.751. The Morgan fingerprint density at radius 1 is 1.42 bits per heavy atom. The first-order chi connectivity index (χ1) is 8.82. The SMILES string of the molecule is C=CC(C)(CNC1CC1)Cc1nc(C(C)(C)C)cs1. The molecular weight excluding hydrogens is 252 g/mol. The zero-order chi connectivity index (χ0) is 14.1. The first-order valence-corrected chi connectivity index (χ1v) is 8.02. The zero-order valence-electron chi connectivity index (χ0n) is 12.6. The van der Waals surface area contributed by atoms with Crippen molar-refractivity contribution in [2.75, 3.05) is 6.54 Å². The average molecular weight is 278 g/mol. The number of hydrogen-bond acceptors (Lipinski definition) is 3. The van der Waals surface area contributed by atoms with E-state index in [-0.39, 0.29) is 10.8 Å². The summed E-state index contributed by atoms with van der Waals surface area (Å²) in [5.74, 6) is 0. The van der Waals surface area contributed by atoms with Gasteiger partial charge in [0.1, 0.15) is 0 Å². The average Bonchev–Trinajstić information content (AvgIpc) is 3.04. The van der Waals surface area contributed by atoms with E-state index in [9.17, 15) is 0 Å². The van der Waals surface area contributed by atoms with Crippen molar-refractivity contribution < 1.29 is 0 Å². The summed E-state index contributed by atoms with van der Waals surface area (Å²) in [6.07, 6.45) is 5.73. The Kier molecular flexibility index (Phi) is 4.17. The Morgan fingerprint density at radius 2 is 2.11 bits per heavy atom. The summed E-state index contributed by atoms with van der Waals surface area (Å²) >= 11 is 1.78. The summed E-state index contributed by atoms with van der Waals surface area (Å²) in [6.45, 7) is 13.9. The van der Waals surface area contributed by atoms with Crippen molar-refractivity contribution in [1.82, 2.24) is 10.3 Å². The molecule has 1 heterocycles. The molecule has 3 heteroatoms. The van der Waals surface area contributed by atoms with E-state index in [1.807, 2.05) is 0 Å². The quantitative estimate of drug-likeness (QED) is 0.798. The molecule has 1 saturated carbocycles. The molecule has 1 aromatic heterocycles. The highest BCUT2D eigenvalue weighted by molar-refractivity contribution is 7.09. The standard InChI is InChI=1S/C16H26N2S/c1-6-16(5,11-17-12-7-8-12)9-14-18-13(10-19-14)15(2,3)4/h6,10,12,17H,1,7-9,11H2,2-5H3. The normalized spacial score (nSPS) is 19.2. The predicted octanol–water partition coefficient (Wildman–Crippen LogP) is 3.93. The maximum atomic E-state index is 4.80. The molecule has 1 fully saturated rings. The molecule has 19 heavy (non-hydrogen) atoms. The molecule has 0 radical (unpaired) electrons. The van der Waals surface area contributed by atoms with Crippen molar-refractivity contribution >= 4 is 11.3 Å². The first-order valence-electron chi connectivity index (χ1n) is 7.14. The number of aromatic nitrogens is 1. The molecule has 1 N–H and O–H groups in total. The summed E-state index contributed by atoms with van der Waals surface area (Å²) < 4.78 is 0. The van der Waals surface area contributed by atoms with Gasteiger partial charge in [0.15, 0.2) is 0 Å². The second kappa shape index (κ2) is 5.37. The Labute approximate surface area is 121 Å². The fraction of sp³-hybridized carbons (Fsp3) is 0.688. The van der Waals surface area contributed by atoms with Crippen LogP contribution in [0.5, 0.6) is 0 Å². The fourth-order valence-electron chi connectivity index (χ4n) is 1.95. The molecule has 0 saturated heterocycles. The molecule has 0 amide bonds. The maximum absolute atomic E-state index is 4.80. The van der Waals surface area contributed by atoms with Crippen LogP contribution in [-0.2, 0) is 11.8 Å². The molecule has 2 nitrogen and oxygen atoms in total. The second-order valence-corrected chi connectivity index (χ2v) is 8.01. The van der Waals surface area contributed by atoms with Crippen LogP contribution in [-0.4, -0.2) is 17.6 Å². The molecule has 2 rings (SSSR count). The van der Waals surface area contributed by atoms with Gasteiger partial charge in [-0.05, 0) is 12.8 Å². The van der Waals surface area contributed by atoms with Crippen molar-refractivity contribution in [3.8, 4) is 0 Å². The number of rotatable bonds is 6. The second-order valence-electron chi connectivity index (χ2n) is 7.07. The van der Waals surface area contributed by atoms with Crippen LogP contribution in [0.3, 0.4) is 0 Å². The lowest BCUT2D eigenvalue weighted by Crippen LogP contribution is -2.33. The van der Waals surface area contributed by atoms with Gasteiger partial charge in [0, 0.05) is 35.2 Å². The van der Waals surface area contributed by atoms with Gasteiger partial charge in [-0.25, -0.2) is 4.98 Å². The van der Waals surface area contributed by atoms with E-state index >= 15 is 0 Å². The molecule has 0 aromatic carbocycles. The first kappa shape index (κ1) is 14.7. The smallest absolute Gasteiger partial charge is 0.0937 e. The Balaban J connectivity index is 2.00. The summed E-state index contributed by atoms with van der Waals surface area (Å²) in [7, 11) is 0. The predicted molar refractivity (Wildman–Crippen MR) is 83.8 cm³/mol. The molecule has 0 bridgehead atoms. The van der Waals surface area contributed by atoms with Crippen molar-refractivity contribution in [3.05, 3.63) is 28.7 Å². The number of hydrogen-bond donors (Lipinski definition) is 1. The van der Waals surface area contributed by atoms with Gasteiger partial charge in [-0.2, -0.15) is 0 Å². The van der Waals surface area contributed by atoms with E-state index in [0.29, 0.717) is 0 Å². The van der Waals surface area contributed by atoms with E-state index in [1.54, 1.807) is 11.3 Å². The van der Waals surface area contributed by atoms with Gasteiger partial charge < -0.3 is 5.32 Å². The van der Waals surface area contributed by atoms with Gasteiger partial charge in [0.25, 0.3) is 0 Å². The Morgan fingerprint density at radius 3 is 2.58 bits per heavy atom. The van der Waals surface area contributed by atoms with Gasteiger partial charge in [-0.3, -0.25) is 0 Å². The Hall–Kier alpha value is -0.670. The number of nitrogens with one attached hydrogen (secondary N) is 1. The van der Waals surface area contributed by atoms with Crippen LogP contribution < -0.4 is 5.32 Å². The highest BCUT2D eigenvalue weighted by Gasteiger charge is 2.28. The minimum Gasteiger partial charge on any atom is -0.313 e. The molecule has 1 aromatic rings. The van der Waals surface area contributed by atoms with Crippen molar-refractivity contribution in [1.29, 1.82) is 0 Å². The molecule has 0 spiro atoms. The van der Waals surface area contributed by atoms with Gasteiger partial charge in [0.05, 0.1) is 10.7 Å². The lowest BCUT2D eigenvalue weighted by molar-refractivity contribution is 0.388. The molecule has 1 aliphatic carbocycles. The highest BCUT2D eigenvalue weighted by atomic mass is 32.1.